The van der Waals surface area contributed by atoms with Crippen molar-refractivity contribution in [2.75, 3.05) is 39.8 Å². The standard InChI is InChI=1S/C31H36F3N7O/c1-5-40-13-15-41(16-14-40)20-23-9-8-22(17-26(23)31(32,33)34)29(42)39-28-18-24(30(2,3)21-37-28)10-11-25-19-36-27(38-25)7-6-12-35-4/h6-9,12,17-19,21,24H,5,13-16,20H2,1-4H3,(H,36,38)(H,39,42)/b7-6-,35-12?. The molecule has 8 nitrogen and oxygen atoms in total. The first-order valence-corrected chi connectivity index (χ1v) is 13.9. The average Bonchev–Trinajstić information content (AvgIpc) is 3.41. The van der Waals surface area contributed by atoms with Crippen molar-refractivity contribution in [1.29, 1.82) is 0 Å². The van der Waals surface area contributed by atoms with Crippen LogP contribution >= 0.6 is 0 Å². The van der Waals surface area contributed by atoms with Crippen molar-refractivity contribution in [2.24, 2.45) is 21.3 Å². The minimum Gasteiger partial charge on any atom is -0.332 e. The van der Waals surface area contributed by atoms with Gasteiger partial charge in [-0.3, -0.25) is 14.7 Å². The van der Waals surface area contributed by atoms with Crippen LogP contribution in [0.15, 0.2) is 52.4 Å². The molecule has 1 aromatic heterocycles. The molecule has 0 radical (unpaired) electrons. The molecule has 4 rings (SSSR count). The normalized spacial score (nSPS) is 19.6. The van der Waals surface area contributed by atoms with Crippen molar-refractivity contribution in [3.05, 3.63) is 70.6 Å². The number of aromatic amines is 1. The Labute approximate surface area is 244 Å². The molecule has 2 N–H and O–H groups in total. The number of carbonyl (C=O) groups is 1. The van der Waals surface area contributed by atoms with Crippen LogP contribution in [0.2, 0.25) is 0 Å². The number of aliphatic imine (C=N–C) groups is 2. The molecular formula is C31H36F3N7O. The maximum atomic E-state index is 14.0. The van der Waals surface area contributed by atoms with Crippen LogP contribution in [-0.2, 0) is 12.7 Å². The van der Waals surface area contributed by atoms with E-state index in [4.69, 9.17) is 0 Å². The van der Waals surface area contributed by atoms with Gasteiger partial charge in [0.1, 0.15) is 17.3 Å². The van der Waals surface area contributed by atoms with Crippen molar-refractivity contribution in [1.82, 2.24) is 25.1 Å². The van der Waals surface area contributed by atoms with E-state index >= 15 is 0 Å². The van der Waals surface area contributed by atoms with E-state index in [0.717, 1.165) is 25.7 Å². The summed E-state index contributed by atoms with van der Waals surface area (Å²) in [6, 6.07) is 3.77. The van der Waals surface area contributed by atoms with E-state index in [9.17, 15) is 18.0 Å². The monoisotopic (exact) mass is 579 g/mol. The molecule has 11 heteroatoms. The second-order valence-corrected chi connectivity index (χ2v) is 10.9. The fraction of sp³-hybridized carbons (Fsp3) is 0.419. The summed E-state index contributed by atoms with van der Waals surface area (Å²) in [4.78, 5) is 32.9. The lowest BCUT2D eigenvalue weighted by molar-refractivity contribution is -0.138. The second-order valence-electron chi connectivity index (χ2n) is 10.9. The molecule has 2 aromatic rings. The number of allylic oxidation sites excluding steroid dienone is 2. The maximum Gasteiger partial charge on any atom is 0.416 e. The molecule has 0 saturated carbocycles. The Hall–Kier alpha value is -4.01. The topological polar surface area (TPSA) is 89.0 Å². The third kappa shape index (κ3) is 8.05. The fourth-order valence-corrected chi connectivity index (χ4v) is 4.71. The van der Waals surface area contributed by atoms with E-state index in [1.54, 1.807) is 43.9 Å². The number of nitrogens with zero attached hydrogens (tertiary/aromatic N) is 5. The number of aromatic nitrogens is 2. The molecule has 1 unspecified atom stereocenters. The molecule has 0 spiro atoms. The van der Waals surface area contributed by atoms with Crippen molar-refractivity contribution in [3.63, 3.8) is 0 Å². The number of carbonyl (C=O) groups excluding carboxylic acids is 1. The first-order valence-electron chi connectivity index (χ1n) is 13.9. The highest BCUT2D eigenvalue weighted by molar-refractivity contribution is 5.96. The molecule has 1 fully saturated rings. The number of piperazine rings is 1. The Morgan fingerprint density at radius 3 is 2.67 bits per heavy atom. The number of benzene rings is 1. The molecule has 222 valence electrons. The summed E-state index contributed by atoms with van der Waals surface area (Å²) in [5, 5.41) is 2.66. The fourth-order valence-electron chi connectivity index (χ4n) is 4.71. The first kappa shape index (κ1) is 30.9. The van der Waals surface area contributed by atoms with E-state index in [2.05, 4.69) is 48.9 Å². The van der Waals surface area contributed by atoms with Gasteiger partial charge in [0.2, 0.25) is 0 Å². The van der Waals surface area contributed by atoms with Crippen LogP contribution in [0.1, 0.15) is 53.8 Å². The average molecular weight is 580 g/mol. The van der Waals surface area contributed by atoms with Crippen LogP contribution in [-0.4, -0.2) is 77.9 Å². The number of likely N-dealkylation sites (N-methyl/N-ethyl adjacent to an activating group) is 1. The summed E-state index contributed by atoms with van der Waals surface area (Å²) in [5.41, 5.74) is -0.541. The second kappa shape index (κ2) is 13.3. The van der Waals surface area contributed by atoms with E-state index in [1.165, 1.54) is 12.1 Å². The highest BCUT2D eigenvalue weighted by Crippen LogP contribution is 2.34. The number of nitrogens with one attached hydrogen (secondary N) is 2. The van der Waals surface area contributed by atoms with E-state index in [1.807, 2.05) is 18.7 Å². The zero-order valence-electron chi connectivity index (χ0n) is 24.3. The predicted molar refractivity (Wildman–Crippen MR) is 159 cm³/mol. The first-order chi connectivity index (χ1) is 20.0. The predicted octanol–water partition coefficient (Wildman–Crippen LogP) is 4.63. The van der Waals surface area contributed by atoms with Gasteiger partial charge in [-0.15, -0.1) is 0 Å². The summed E-state index contributed by atoms with van der Waals surface area (Å²) in [7, 11) is 1.68. The van der Waals surface area contributed by atoms with Crippen molar-refractivity contribution in [2.45, 2.75) is 33.5 Å². The summed E-state index contributed by atoms with van der Waals surface area (Å²) in [5.74, 6) is 6.14. The van der Waals surface area contributed by atoms with Gasteiger partial charge in [-0.2, -0.15) is 13.2 Å². The van der Waals surface area contributed by atoms with Crippen LogP contribution < -0.4 is 5.32 Å². The molecule has 2 aliphatic rings. The van der Waals surface area contributed by atoms with Crippen LogP contribution in [0.4, 0.5) is 13.2 Å². The molecule has 1 saturated heterocycles. The Kier molecular flexibility index (Phi) is 9.81. The SMILES string of the molecule is CCN1CCN(Cc2ccc(C(=O)NC3=CC(C#Cc4cnc(/C=C\C=NC)[nH]4)C(C)(C)C=N3)cc2C(F)(F)F)CC1. The van der Waals surface area contributed by atoms with Gasteiger partial charge in [-0.1, -0.05) is 32.8 Å². The van der Waals surface area contributed by atoms with E-state index in [0.29, 0.717) is 24.6 Å². The molecule has 1 atom stereocenters. The van der Waals surface area contributed by atoms with Gasteiger partial charge in [-0.25, -0.2) is 9.98 Å². The number of imidazole rings is 1. The molecular weight excluding hydrogens is 543 g/mol. The van der Waals surface area contributed by atoms with Gasteiger partial charge < -0.3 is 15.2 Å². The van der Waals surface area contributed by atoms with Gasteiger partial charge in [-0.05, 0) is 48.4 Å². The van der Waals surface area contributed by atoms with Gasteiger partial charge in [0.05, 0.1) is 17.7 Å². The Morgan fingerprint density at radius 1 is 1.24 bits per heavy atom. The minimum absolute atomic E-state index is 0.0865. The van der Waals surface area contributed by atoms with E-state index in [-0.39, 0.29) is 29.4 Å². The van der Waals surface area contributed by atoms with E-state index < -0.39 is 23.1 Å². The number of amides is 1. The Balaban J connectivity index is 1.48. The van der Waals surface area contributed by atoms with Crippen LogP contribution in [0.3, 0.4) is 0 Å². The third-order valence-electron chi connectivity index (χ3n) is 7.33. The summed E-state index contributed by atoms with van der Waals surface area (Å²) in [6.45, 7) is 10.2. The molecule has 1 aromatic carbocycles. The highest BCUT2D eigenvalue weighted by atomic mass is 19.4. The Morgan fingerprint density at radius 2 is 1.98 bits per heavy atom. The number of halogens is 3. The Bertz CT molecular complexity index is 1450. The molecule has 42 heavy (non-hydrogen) atoms. The molecule has 2 aliphatic heterocycles. The van der Waals surface area contributed by atoms with Crippen molar-refractivity contribution >= 4 is 24.4 Å². The van der Waals surface area contributed by atoms with Gasteiger partial charge in [0, 0.05) is 63.2 Å². The highest BCUT2D eigenvalue weighted by Gasteiger charge is 2.35. The minimum atomic E-state index is -4.59. The van der Waals surface area contributed by atoms with Crippen LogP contribution in [0.25, 0.3) is 6.08 Å². The van der Waals surface area contributed by atoms with Crippen LogP contribution in [0.5, 0.6) is 0 Å². The number of rotatable bonds is 7. The lowest BCUT2D eigenvalue weighted by Gasteiger charge is -2.34. The van der Waals surface area contributed by atoms with Gasteiger partial charge in [0.25, 0.3) is 5.91 Å². The quantitative estimate of drug-likeness (QED) is 0.370. The smallest absolute Gasteiger partial charge is 0.332 e. The number of H-pyrrole nitrogens is 1. The maximum absolute atomic E-state index is 14.0. The van der Waals surface area contributed by atoms with Gasteiger partial charge >= 0.3 is 6.18 Å². The molecule has 0 aliphatic carbocycles. The number of hydrogen-bond donors (Lipinski definition) is 2. The van der Waals surface area contributed by atoms with Crippen molar-refractivity contribution < 1.29 is 18.0 Å². The van der Waals surface area contributed by atoms with Crippen molar-refractivity contribution in [3.8, 4) is 11.8 Å². The van der Waals surface area contributed by atoms with Crippen LogP contribution in [0, 0.1) is 23.2 Å². The summed E-state index contributed by atoms with van der Waals surface area (Å²) < 4.78 is 42.1. The largest absolute Gasteiger partial charge is 0.416 e. The molecule has 0 bridgehead atoms. The zero-order chi connectivity index (χ0) is 30.3. The third-order valence-corrected chi connectivity index (χ3v) is 7.33. The lowest BCUT2D eigenvalue weighted by Crippen LogP contribution is -2.45. The summed E-state index contributed by atoms with van der Waals surface area (Å²) >= 11 is 0. The van der Waals surface area contributed by atoms with Gasteiger partial charge in [0.15, 0.2) is 0 Å². The molecule has 1 amide bonds. The molecule has 3 heterocycles. The number of alkyl halides is 3. The lowest BCUT2D eigenvalue weighted by atomic mass is 9.79. The summed E-state index contributed by atoms with van der Waals surface area (Å²) in [6.07, 6.45) is 5.62. The zero-order valence-corrected chi connectivity index (χ0v) is 24.3. The number of hydrogen-bond acceptors (Lipinski definition) is 6.